The molecular formula is C17H17F3N4O2. The minimum absolute atomic E-state index is 0.00738. The molecular weight excluding hydrogens is 349 g/mol. The van der Waals surface area contributed by atoms with Gasteiger partial charge >= 0.3 is 6.36 Å². The predicted molar refractivity (Wildman–Crippen MR) is 90.7 cm³/mol. The van der Waals surface area contributed by atoms with Crippen LogP contribution in [0, 0.1) is 5.41 Å². The number of nitrogens with one attached hydrogen (secondary N) is 1. The molecule has 0 saturated carbocycles. The molecule has 0 radical (unpaired) electrons. The first kappa shape index (κ1) is 18.0. The van der Waals surface area contributed by atoms with Crippen molar-refractivity contribution in [2.45, 2.75) is 6.36 Å². The van der Waals surface area contributed by atoms with Gasteiger partial charge in [-0.05, 0) is 30.3 Å². The number of anilines is 2. The van der Waals surface area contributed by atoms with E-state index in [4.69, 9.17) is 15.9 Å². The Morgan fingerprint density at radius 3 is 2.62 bits per heavy atom. The smallest absolute Gasteiger partial charge is 0.406 e. The summed E-state index contributed by atoms with van der Waals surface area (Å²) in [5.74, 6) is 0.255. The van der Waals surface area contributed by atoms with Crippen LogP contribution in [0.25, 0.3) is 0 Å². The molecule has 1 aliphatic rings. The number of alkyl halides is 3. The topological polar surface area (TPSA) is 84.5 Å². The zero-order valence-corrected chi connectivity index (χ0v) is 13.7. The quantitative estimate of drug-likeness (QED) is 0.642. The SMILES string of the molecule is N=C(c1ccnc(N2CCOCC2)c1)c1cc(OC(F)(F)F)ccc1N. The Balaban J connectivity index is 1.88. The van der Waals surface area contributed by atoms with Gasteiger partial charge < -0.3 is 20.1 Å². The summed E-state index contributed by atoms with van der Waals surface area (Å²) in [5, 5.41) is 8.36. The number of hydrogen-bond donors (Lipinski definition) is 2. The molecule has 9 heteroatoms. The van der Waals surface area contributed by atoms with Crippen LogP contribution in [0.3, 0.4) is 0 Å². The molecule has 2 aromatic rings. The van der Waals surface area contributed by atoms with Crippen molar-refractivity contribution in [3.8, 4) is 5.75 Å². The molecule has 6 nitrogen and oxygen atoms in total. The molecule has 3 N–H and O–H groups in total. The van der Waals surface area contributed by atoms with E-state index in [2.05, 4.69) is 9.72 Å². The van der Waals surface area contributed by atoms with Crippen molar-refractivity contribution in [1.29, 1.82) is 5.41 Å². The summed E-state index contributed by atoms with van der Waals surface area (Å²) in [4.78, 5) is 6.32. The highest BCUT2D eigenvalue weighted by Gasteiger charge is 2.31. The summed E-state index contributed by atoms with van der Waals surface area (Å²) in [6.07, 6.45) is -3.25. The molecule has 1 aromatic carbocycles. The van der Waals surface area contributed by atoms with Crippen LogP contribution in [0.2, 0.25) is 0 Å². The van der Waals surface area contributed by atoms with Gasteiger partial charge in [-0.15, -0.1) is 13.2 Å². The minimum Gasteiger partial charge on any atom is -0.406 e. The molecule has 1 aromatic heterocycles. The Kier molecular flexibility index (Phi) is 4.99. The average molecular weight is 366 g/mol. The van der Waals surface area contributed by atoms with Crippen molar-refractivity contribution in [2.24, 2.45) is 0 Å². The molecule has 1 fully saturated rings. The maximum absolute atomic E-state index is 12.4. The van der Waals surface area contributed by atoms with Gasteiger partial charge in [0.25, 0.3) is 0 Å². The van der Waals surface area contributed by atoms with Crippen molar-refractivity contribution in [1.82, 2.24) is 4.98 Å². The van der Waals surface area contributed by atoms with E-state index in [0.717, 1.165) is 12.1 Å². The van der Waals surface area contributed by atoms with E-state index >= 15 is 0 Å². The third-order valence-electron chi connectivity index (χ3n) is 3.90. The fraction of sp³-hybridized carbons (Fsp3) is 0.294. The normalized spacial score (nSPS) is 15.0. The second-order valence-corrected chi connectivity index (χ2v) is 5.67. The molecule has 0 aliphatic carbocycles. The molecule has 1 aliphatic heterocycles. The molecule has 1 saturated heterocycles. The minimum atomic E-state index is -4.81. The predicted octanol–water partition coefficient (Wildman–Crippen LogP) is 2.82. The zero-order valence-electron chi connectivity index (χ0n) is 13.7. The van der Waals surface area contributed by atoms with Crippen molar-refractivity contribution in [2.75, 3.05) is 36.9 Å². The Morgan fingerprint density at radius 1 is 1.19 bits per heavy atom. The lowest BCUT2D eigenvalue weighted by Crippen LogP contribution is -2.36. The van der Waals surface area contributed by atoms with Gasteiger partial charge in [0.1, 0.15) is 11.6 Å². The van der Waals surface area contributed by atoms with E-state index in [-0.39, 0.29) is 17.0 Å². The number of hydrogen-bond acceptors (Lipinski definition) is 6. The number of halogens is 3. The highest BCUT2D eigenvalue weighted by atomic mass is 19.4. The van der Waals surface area contributed by atoms with Gasteiger partial charge in [0.15, 0.2) is 0 Å². The third-order valence-corrected chi connectivity index (χ3v) is 3.90. The van der Waals surface area contributed by atoms with Crippen molar-refractivity contribution < 1.29 is 22.6 Å². The van der Waals surface area contributed by atoms with Crippen LogP contribution in [0.1, 0.15) is 11.1 Å². The summed E-state index contributed by atoms with van der Waals surface area (Å²) >= 11 is 0. The van der Waals surface area contributed by atoms with E-state index < -0.39 is 12.1 Å². The van der Waals surface area contributed by atoms with E-state index in [1.54, 1.807) is 18.3 Å². The fourth-order valence-corrected chi connectivity index (χ4v) is 2.64. The highest BCUT2D eigenvalue weighted by molar-refractivity contribution is 6.14. The number of nitrogens with zero attached hydrogens (tertiary/aromatic N) is 2. The standard InChI is InChI=1S/C17H17F3N4O2/c18-17(19,20)26-12-1-2-14(21)13(10-12)16(22)11-3-4-23-15(9-11)24-5-7-25-8-6-24/h1-4,9-10,22H,5-8,21H2. The Morgan fingerprint density at radius 2 is 1.92 bits per heavy atom. The van der Waals surface area contributed by atoms with Crippen molar-refractivity contribution in [3.05, 3.63) is 47.7 Å². The molecule has 0 spiro atoms. The van der Waals surface area contributed by atoms with Crippen LogP contribution >= 0.6 is 0 Å². The molecule has 3 rings (SSSR count). The Labute approximate surface area is 147 Å². The van der Waals surface area contributed by atoms with Gasteiger partial charge in [0.05, 0.1) is 18.9 Å². The number of pyridine rings is 1. The lowest BCUT2D eigenvalue weighted by atomic mass is 10.0. The second-order valence-electron chi connectivity index (χ2n) is 5.67. The van der Waals surface area contributed by atoms with Gasteiger partial charge in [-0.2, -0.15) is 0 Å². The second kappa shape index (κ2) is 7.20. The first-order valence-corrected chi connectivity index (χ1v) is 7.87. The zero-order chi connectivity index (χ0) is 18.7. The van der Waals surface area contributed by atoms with E-state index in [0.29, 0.717) is 37.7 Å². The van der Waals surface area contributed by atoms with Gasteiger partial charge in [0.2, 0.25) is 0 Å². The number of rotatable bonds is 4. The lowest BCUT2D eigenvalue weighted by Gasteiger charge is -2.28. The van der Waals surface area contributed by atoms with E-state index in [1.807, 2.05) is 4.90 Å². The van der Waals surface area contributed by atoms with E-state index in [9.17, 15) is 13.2 Å². The van der Waals surface area contributed by atoms with Crippen molar-refractivity contribution in [3.63, 3.8) is 0 Å². The molecule has 0 amide bonds. The first-order chi connectivity index (χ1) is 12.3. The molecule has 0 atom stereocenters. The number of morpholine rings is 1. The summed E-state index contributed by atoms with van der Waals surface area (Å²) in [6, 6.07) is 6.84. The van der Waals surface area contributed by atoms with Crippen LogP contribution in [0.15, 0.2) is 36.5 Å². The number of benzene rings is 1. The van der Waals surface area contributed by atoms with Crippen LogP contribution in [0.5, 0.6) is 5.75 Å². The van der Waals surface area contributed by atoms with Gasteiger partial charge in [-0.3, -0.25) is 5.41 Å². The summed E-state index contributed by atoms with van der Waals surface area (Å²) < 4.78 is 46.5. The summed E-state index contributed by atoms with van der Waals surface area (Å²) in [6.45, 7) is 2.54. The number of nitrogens with two attached hydrogens (primary N) is 1. The number of nitrogen functional groups attached to an aromatic ring is 1. The number of aromatic nitrogens is 1. The van der Waals surface area contributed by atoms with Gasteiger partial charge in [-0.1, -0.05) is 0 Å². The third kappa shape index (κ3) is 4.23. The Hall–Kier alpha value is -2.81. The Bertz CT molecular complexity index is 805. The monoisotopic (exact) mass is 366 g/mol. The fourth-order valence-electron chi connectivity index (χ4n) is 2.64. The molecule has 138 valence electrons. The van der Waals surface area contributed by atoms with Crippen molar-refractivity contribution >= 4 is 17.2 Å². The molecule has 0 bridgehead atoms. The van der Waals surface area contributed by atoms with E-state index in [1.165, 1.54) is 6.07 Å². The van der Waals surface area contributed by atoms with Gasteiger partial charge in [-0.25, -0.2) is 4.98 Å². The molecule has 0 unspecified atom stereocenters. The van der Waals surface area contributed by atoms with Crippen LogP contribution in [-0.4, -0.2) is 43.4 Å². The molecule has 2 heterocycles. The first-order valence-electron chi connectivity index (χ1n) is 7.87. The van der Waals surface area contributed by atoms with Crippen LogP contribution in [-0.2, 0) is 4.74 Å². The summed E-state index contributed by atoms with van der Waals surface area (Å²) in [5.41, 5.74) is 6.69. The van der Waals surface area contributed by atoms with Crippen LogP contribution < -0.4 is 15.4 Å². The largest absolute Gasteiger partial charge is 0.573 e. The number of ether oxygens (including phenoxy) is 2. The summed E-state index contributed by atoms with van der Waals surface area (Å²) in [7, 11) is 0. The lowest BCUT2D eigenvalue weighted by molar-refractivity contribution is -0.274. The van der Waals surface area contributed by atoms with Crippen LogP contribution in [0.4, 0.5) is 24.7 Å². The maximum Gasteiger partial charge on any atom is 0.573 e. The van der Waals surface area contributed by atoms with Gasteiger partial charge in [0, 0.05) is 36.1 Å². The highest BCUT2D eigenvalue weighted by Crippen LogP contribution is 2.28. The molecule has 26 heavy (non-hydrogen) atoms. The maximum atomic E-state index is 12.4. The average Bonchev–Trinajstić information content (AvgIpc) is 2.62.